The summed E-state index contributed by atoms with van der Waals surface area (Å²) in [6.07, 6.45) is 7.31. The molecule has 0 radical (unpaired) electrons. The monoisotopic (exact) mass is 407 g/mol. The Bertz CT molecular complexity index is 1080. The van der Waals surface area contributed by atoms with Gasteiger partial charge in [-0.3, -0.25) is 4.79 Å². The molecule has 3 aromatic rings. The summed E-state index contributed by atoms with van der Waals surface area (Å²) in [6, 6.07) is 5.86. The maximum atomic E-state index is 13.0. The molecule has 9 nitrogen and oxygen atoms in total. The Labute approximate surface area is 173 Å². The summed E-state index contributed by atoms with van der Waals surface area (Å²) in [4.78, 5) is 17.5. The third-order valence-corrected chi connectivity index (χ3v) is 7.39. The molecular weight excluding hydrogens is 382 g/mol. The molecule has 1 aromatic carbocycles. The van der Waals surface area contributed by atoms with Gasteiger partial charge in [-0.25, -0.2) is 4.98 Å². The molecule has 0 aliphatic heterocycles. The molecule has 2 heterocycles. The van der Waals surface area contributed by atoms with Gasteiger partial charge in [-0.05, 0) is 68.1 Å². The number of nitrogens with zero attached hydrogens (tertiary/aromatic N) is 5. The number of imidazole rings is 1. The number of nitrogens with one attached hydrogen (secondary N) is 2. The van der Waals surface area contributed by atoms with Crippen molar-refractivity contribution in [3.8, 4) is 0 Å². The standard InChI is InChI=1S/C21H25N7O2/c29-20(23-19-14-5-12-6-15(19)10-21(30,8-12)9-14)13-1-2-17-16(7-13)22-11-28(17)4-3-18-24-26-27-25-18/h1-2,7,11-12,14-15,19,30H,3-6,8-10H2,(H,23,29)(H,24,25,26,27). The summed E-state index contributed by atoms with van der Waals surface area (Å²) in [5, 5.41) is 28.0. The smallest absolute Gasteiger partial charge is 0.251 e. The van der Waals surface area contributed by atoms with E-state index < -0.39 is 5.60 Å². The number of carbonyl (C=O) groups is 1. The number of carbonyl (C=O) groups excluding carboxylic acids is 1. The minimum absolute atomic E-state index is 0.0392. The second-order valence-electron chi connectivity index (χ2n) is 9.41. The van der Waals surface area contributed by atoms with E-state index in [0.29, 0.717) is 42.1 Å². The molecule has 7 rings (SSSR count). The third-order valence-electron chi connectivity index (χ3n) is 7.39. The van der Waals surface area contributed by atoms with Gasteiger partial charge in [0.1, 0.15) is 0 Å². The number of aryl methyl sites for hydroxylation is 2. The highest BCUT2D eigenvalue weighted by atomic mass is 16.3. The minimum atomic E-state index is -0.481. The molecule has 4 aliphatic rings. The van der Waals surface area contributed by atoms with Crippen LogP contribution < -0.4 is 5.32 Å². The average Bonchev–Trinajstić information content (AvgIpc) is 3.37. The first-order valence-electron chi connectivity index (χ1n) is 10.8. The number of tetrazole rings is 1. The van der Waals surface area contributed by atoms with E-state index >= 15 is 0 Å². The SMILES string of the molecule is O=C(NC1C2CC3CC1CC(O)(C3)C2)c1ccc2c(c1)ncn2CCc1nn[nH]n1. The van der Waals surface area contributed by atoms with Crippen LogP contribution in [0.15, 0.2) is 24.5 Å². The molecule has 1 amide bonds. The van der Waals surface area contributed by atoms with E-state index in [1.165, 1.54) is 0 Å². The maximum absolute atomic E-state index is 13.0. The number of benzene rings is 1. The van der Waals surface area contributed by atoms with Crippen molar-refractivity contribution in [2.45, 2.75) is 56.7 Å². The van der Waals surface area contributed by atoms with Crippen LogP contribution in [0.3, 0.4) is 0 Å². The molecule has 4 bridgehead atoms. The molecule has 30 heavy (non-hydrogen) atoms. The lowest BCUT2D eigenvalue weighted by Crippen LogP contribution is -2.61. The topological polar surface area (TPSA) is 122 Å². The van der Waals surface area contributed by atoms with Crippen LogP contribution in [0, 0.1) is 17.8 Å². The normalized spacial score (nSPS) is 32.0. The molecule has 2 atom stereocenters. The molecule has 0 saturated heterocycles. The van der Waals surface area contributed by atoms with E-state index in [1.807, 2.05) is 22.8 Å². The second-order valence-corrected chi connectivity index (χ2v) is 9.41. The largest absolute Gasteiger partial charge is 0.390 e. The number of aromatic nitrogens is 6. The Kier molecular flexibility index (Phi) is 3.96. The fraction of sp³-hybridized carbons (Fsp3) is 0.571. The summed E-state index contributed by atoms with van der Waals surface area (Å²) in [5.74, 6) is 2.06. The van der Waals surface area contributed by atoms with Gasteiger partial charge in [-0.2, -0.15) is 5.21 Å². The Morgan fingerprint density at radius 2 is 2.10 bits per heavy atom. The Hall–Kier alpha value is -2.81. The van der Waals surface area contributed by atoms with Crippen LogP contribution in [0.2, 0.25) is 0 Å². The molecule has 4 fully saturated rings. The number of aliphatic hydroxyl groups is 1. The van der Waals surface area contributed by atoms with E-state index in [0.717, 1.165) is 43.1 Å². The van der Waals surface area contributed by atoms with Crippen molar-refractivity contribution in [3.05, 3.63) is 35.9 Å². The van der Waals surface area contributed by atoms with Gasteiger partial charge < -0.3 is 15.0 Å². The Morgan fingerprint density at radius 3 is 2.83 bits per heavy atom. The zero-order valence-electron chi connectivity index (χ0n) is 16.7. The summed E-state index contributed by atoms with van der Waals surface area (Å²) in [6.45, 7) is 0.692. The molecule has 4 saturated carbocycles. The number of hydrogen-bond acceptors (Lipinski definition) is 6. The van der Waals surface area contributed by atoms with Crippen LogP contribution in [0.1, 0.15) is 48.3 Å². The van der Waals surface area contributed by atoms with Crippen molar-refractivity contribution in [2.24, 2.45) is 17.8 Å². The van der Waals surface area contributed by atoms with Gasteiger partial charge in [-0.15, -0.1) is 10.2 Å². The van der Waals surface area contributed by atoms with E-state index in [2.05, 4.69) is 30.9 Å². The fourth-order valence-corrected chi connectivity index (χ4v) is 6.34. The zero-order chi connectivity index (χ0) is 20.3. The van der Waals surface area contributed by atoms with Crippen molar-refractivity contribution >= 4 is 16.9 Å². The van der Waals surface area contributed by atoms with Gasteiger partial charge in [0, 0.05) is 24.6 Å². The van der Waals surface area contributed by atoms with Crippen molar-refractivity contribution in [1.82, 2.24) is 35.5 Å². The Balaban J connectivity index is 1.17. The van der Waals surface area contributed by atoms with Gasteiger partial charge in [0.2, 0.25) is 0 Å². The quantitative estimate of drug-likeness (QED) is 0.589. The van der Waals surface area contributed by atoms with Crippen molar-refractivity contribution < 1.29 is 9.90 Å². The van der Waals surface area contributed by atoms with E-state index in [-0.39, 0.29) is 11.9 Å². The maximum Gasteiger partial charge on any atom is 0.251 e. The van der Waals surface area contributed by atoms with Crippen molar-refractivity contribution in [3.63, 3.8) is 0 Å². The predicted molar refractivity (Wildman–Crippen MR) is 107 cm³/mol. The average molecular weight is 407 g/mol. The van der Waals surface area contributed by atoms with Crippen LogP contribution in [0.4, 0.5) is 0 Å². The van der Waals surface area contributed by atoms with Crippen LogP contribution in [-0.2, 0) is 13.0 Å². The lowest BCUT2D eigenvalue weighted by Gasteiger charge is -2.58. The number of amides is 1. The highest BCUT2D eigenvalue weighted by Crippen LogP contribution is 2.55. The highest BCUT2D eigenvalue weighted by molar-refractivity contribution is 5.97. The third kappa shape index (κ3) is 2.99. The van der Waals surface area contributed by atoms with E-state index in [1.54, 1.807) is 6.33 Å². The van der Waals surface area contributed by atoms with Gasteiger partial charge >= 0.3 is 0 Å². The molecule has 2 aromatic heterocycles. The molecule has 0 spiro atoms. The number of rotatable bonds is 5. The molecule has 3 N–H and O–H groups in total. The van der Waals surface area contributed by atoms with Gasteiger partial charge in [0.05, 0.1) is 23.0 Å². The van der Waals surface area contributed by atoms with Gasteiger partial charge in [-0.1, -0.05) is 5.21 Å². The molecule has 2 unspecified atom stereocenters. The summed E-state index contributed by atoms with van der Waals surface area (Å²) >= 11 is 0. The first-order chi connectivity index (χ1) is 14.6. The fourth-order valence-electron chi connectivity index (χ4n) is 6.34. The predicted octanol–water partition coefficient (Wildman–Crippen LogP) is 1.46. The zero-order valence-corrected chi connectivity index (χ0v) is 16.7. The van der Waals surface area contributed by atoms with E-state index in [4.69, 9.17) is 0 Å². The van der Waals surface area contributed by atoms with E-state index in [9.17, 15) is 9.90 Å². The number of aromatic amines is 1. The summed E-state index contributed by atoms with van der Waals surface area (Å²) in [7, 11) is 0. The first kappa shape index (κ1) is 18.0. The highest BCUT2D eigenvalue weighted by Gasteiger charge is 2.55. The summed E-state index contributed by atoms with van der Waals surface area (Å²) < 4.78 is 2.03. The van der Waals surface area contributed by atoms with Crippen LogP contribution in [0.5, 0.6) is 0 Å². The molecular formula is C21H25N7O2. The molecule has 156 valence electrons. The van der Waals surface area contributed by atoms with Gasteiger partial charge in [0.25, 0.3) is 5.91 Å². The molecule has 4 aliphatic carbocycles. The first-order valence-corrected chi connectivity index (χ1v) is 10.8. The molecule has 9 heteroatoms. The number of H-pyrrole nitrogens is 1. The van der Waals surface area contributed by atoms with Crippen molar-refractivity contribution in [2.75, 3.05) is 0 Å². The lowest BCUT2D eigenvalue weighted by atomic mass is 9.52. The minimum Gasteiger partial charge on any atom is -0.390 e. The number of hydrogen-bond donors (Lipinski definition) is 3. The lowest BCUT2D eigenvalue weighted by molar-refractivity contribution is -0.136. The van der Waals surface area contributed by atoms with Crippen LogP contribution in [0.25, 0.3) is 11.0 Å². The van der Waals surface area contributed by atoms with Crippen LogP contribution in [-0.4, -0.2) is 52.8 Å². The number of fused-ring (bicyclic) bond motifs is 1. The van der Waals surface area contributed by atoms with Crippen LogP contribution >= 0.6 is 0 Å². The second kappa shape index (κ2) is 6.60. The van der Waals surface area contributed by atoms with Crippen molar-refractivity contribution in [1.29, 1.82) is 0 Å². The van der Waals surface area contributed by atoms with Gasteiger partial charge in [0.15, 0.2) is 5.82 Å². The summed E-state index contributed by atoms with van der Waals surface area (Å²) in [5.41, 5.74) is 1.94. The Morgan fingerprint density at radius 1 is 1.27 bits per heavy atom.